The standard InChI is InChI=1S/C55H39N3/c1-36-23-24-37(2)47(29-36)43-25-27-51(56-35-43)42-16-12-15-40(31-42)38-13-11-14-39(30-38)41-26-28-53-48(32-41)50-33-49-46-21-9-10-22-52(46)57(44-17-5-3-6-18-44)54(49)34-55(50)58(53)45-19-7-4-8-20-45/h3-35H,1-2H3. The maximum Gasteiger partial charge on any atom is 0.0702 e. The summed E-state index contributed by atoms with van der Waals surface area (Å²) in [5.74, 6) is 0. The van der Waals surface area contributed by atoms with Gasteiger partial charge >= 0.3 is 0 Å². The molecule has 58 heavy (non-hydrogen) atoms. The molecule has 8 aromatic carbocycles. The first-order chi connectivity index (χ1) is 28.6. The van der Waals surface area contributed by atoms with Crippen molar-refractivity contribution in [1.29, 1.82) is 0 Å². The first-order valence-electron chi connectivity index (χ1n) is 19.9. The highest BCUT2D eigenvalue weighted by atomic mass is 15.0. The predicted octanol–water partition coefficient (Wildman–Crippen LogP) is 14.6. The number of nitrogens with zero attached hydrogens (tertiary/aromatic N) is 3. The summed E-state index contributed by atoms with van der Waals surface area (Å²) in [6.07, 6.45) is 2.00. The number of fused-ring (bicyclic) bond motifs is 6. The molecule has 0 bridgehead atoms. The molecule has 0 aliphatic rings. The Kier molecular flexibility index (Phi) is 7.94. The average Bonchev–Trinajstić information content (AvgIpc) is 3.78. The number of hydrogen-bond donors (Lipinski definition) is 0. The maximum atomic E-state index is 4.92. The highest BCUT2D eigenvalue weighted by Gasteiger charge is 2.19. The third-order valence-electron chi connectivity index (χ3n) is 11.7. The van der Waals surface area contributed by atoms with Gasteiger partial charge in [-0.15, -0.1) is 0 Å². The number of para-hydroxylation sites is 3. The molecule has 3 heteroatoms. The minimum absolute atomic E-state index is 0.966. The Morgan fingerprint density at radius 3 is 1.57 bits per heavy atom. The Morgan fingerprint density at radius 1 is 0.345 bits per heavy atom. The number of aryl methyl sites for hydroxylation is 2. The number of rotatable bonds is 6. The van der Waals surface area contributed by atoms with Crippen LogP contribution in [-0.2, 0) is 0 Å². The van der Waals surface area contributed by atoms with Crippen molar-refractivity contribution in [3.05, 3.63) is 211 Å². The topological polar surface area (TPSA) is 22.8 Å². The molecule has 3 heterocycles. The lowest BCUT2D eigenvalue weighted by Gasteiger charge is -2.11. The van der Waals surface area contributed by atoms with Gasteiger partial charge in [-0.25, -0.2) is 0 Å². The van der Waals surface area contributed by atoms with Gasteiger partial charge in [-0.3, -0.25) is 4.98 Å². The van der Waals surface area contributed by atoms with E-state index in [9.17, 15) is 0 Å². The van der Waals surface area contributed by atoms with Crippen LogP contribution in [0.1, 0.15) is 11.1 Å². The number of hydrogen-bond acceptors (Lipinski definition) is 1. The summed E-state index contributed by atoms with van der Waals surface area (Å²) in [7, 11) is 0. The van der Waals surface area contributed by atoms with Crippen molar-refractivity contribution in [2.45, 2.75) is 13.8 Å². The van der Waals surface area contributed by atoms with Crippen molar-refractivity contribution >= 4 is 43.6 Å². The third kappa shape index (κ3) is 5.63. The molecule has 0 saturated heterocycles. The zero-order valence-corrected chi connectivity index (χ0v) is 32.4. The van der Waals surface area contributed by atoms with Crippen LogP contribution in [0.2, 0.25) is 0 Å². The summed E-state index contributed by atoms with van der Waals surface area (Å²) in [6, 6.07) is 70.6. The second kappa shape index (κ2) is 13.6. The molecule has 3 aromatic heterocycles. The first kappa shape index (κ1) is 33.8. The van der Waals surface area contributed by atoms with Gasteiger partial charge in [-0.1, -0.05) is 127 Å². The van der Waals surface area contributed by atoms with Gasteiger partial charge in [0.25, 0.3) is 0 Å². The summed E-state index contributed by atoms with van der Waals surface area (Å²) in [6.45, 7) is 4.29. The van der Waals surface area contributed by atoms with E-state index in [2.05, 4.69) is 217 Å². The van der Waals surface area contributed by atoms with Crippen LogP contribution in [0.3, 0.4) is 0 Å². The molecule has 0 aliphatic heterocycles. The van der Waals surface area contributed by atoms with Crippen molar-refractivity contribution in [3.63, 3.8) is 0 Å². The fraction of sp³-hybridized carbons (Fsp3) is 0.0364. The Hall–Kier alpha value is -7.49. The first-order valence-corrected chi connectivity index (χ1v) is 19.9. The van der Waals surface area contributed by atoms with E-state index in [1.54, 1.807) is 0 Å². The summed E-state index contributed by atoms with van der Waals surface area (Å²) in [5.41, 5.74) is 18.7. The van der Waals surface area contributed by atoms with Crippen LogP contribution in [0.25, 0.3) is 99.6 Å². The highest BCUT2D eigenvalue weighted by molar-refractivity contribution is 6.19. The summed E-state index contributed by atoms with van der Waals surface area (Å²) in [5, 5.41) is 4.98. The second-order valence-corrected chi connectivity index (χ2v) is 15.4. The van der Waals surface area contributed by atoms with Crippen LogP contribution in [0, 0.1) is 13.8 Å². The van der Waals surface area contributed by atoms with Crippen LogP contribution in [0.5, 0.6) is 0 Å². The van der Waals surface area contributed by atoms with Gasteiger partial charge in [-0.05, 0) is 120 Å². The van der Waals surface area contributed by atoms with E-state index in [1.165, 1.54) is 82.6 Å². The number of aromatic nitrogens is 3. The van der Waals surface area contributed by atoms with Crippen LogP contribution < -0.4 is 0 Å². The molecule has 0 fully saturated rings. The molecule has 11 rings (SSSR count). The summed E-state index contributed by atoms with van der Waals surface area (Å²) < 4.78 is 4.83. The maximum absolute atomic E-state index is 4.92. The molecule has 274 valence electrons. The quantitative estimate of drug-likeness (QED) is 0.166. The monoisotopic (exact) mass is 741 g/mol. The van der Waals surface area contributed by atoms with E-state index in [-0.39, 0.29) is 0 Å². The molecule has 11 aromatic rings. The molecular formula is C55H39N3. The second-order valence-electron chi connectivity index (χ2n) is 15.4. The van der Waals surface area contributed by atoms with Crippen molar-refractivity contribution in [2.24, 2.45) is 0 Å². The van der Waals surface area contributed by atoms with E-state index in [0.717, 1.165) is 28.2 Å². The predicted molar refractivity (Wildman–Crippen MR) is 244 cm³/mol. The van der Waals surface area contributed by atoms with Gasteiger partial charge in [0, 0.05) is 50.2 Å². The van der Waals surface area contributed by atoms with Crippen molar-refractivity contribution in [2.75, 3.05) is 0 Å². The third-order valence-corrected chi connectivity index (χ3v) is 11.7. The lowest BCUT2D eigenvalue weighted by molar-refractivity contribution is 1.16. The average molecular weight is 742 g/mol. The lowest BCUT2D eigenvalue weighted by Crippen LogP contribution is -1.95. The van der Waals surface area contributed by atoms with Crippen molar-refractivity contribution < 1.29 is 0 Å². The van der Waals surface area contributed by atoms with E-state index >= 15 is 0 Å². The molecule has 0 saturated carbocycles. The molecule has 0 amide bonds. The van der Waals surface area contributed by atoms with E-state index in [0.29, 0.717) is 0 Å². The van der Waals surface area contributed by atoms with E-state index in [4.69, 9.17) is 4.98 Å². The molecule has 0 unspecified atom stereocenters. The van der Waals surface area contributed by atoms with Gasteiger partial charge < -0.3 is 9.13 Å². The number of pyridine rings is 1. The summed E-state index contributed by atoms with van der Waals surface area (Å²) in [4.78, 5) is 4.92. The fourth-order valence-electron chi connectivity index (χ4n) is 8.88. The smallest absolute Gasteiger partial charge is 0.0702 e. The van der Waals surface area contributed by atoms with E-state index < -0.39 is 0 Å². The fourth-order valence-corrected chi connectivity index (χ4v) is 8.88. The van der Waals surface area contributed by atoms with Crippen LogP contribution in [0.4, 0.5) is 0 Å². The lowest BCUT2D eigenvalue weighted by atomic mass is 9.96. The SMILES string of the molecule is Cc1ccc(C)c(-c2ccc(-c3cccc(-c4cccc(-c5ccc6c(c5)c5cc7c8ccccc8n(-c8ccccc8)c7cc5n6-c5ccccc5)c4)c3)nc2)c1. The number of benzene rings is 8. The molecular weight excluding hydrogens is 703 g/mol. The Morgan fingerprint density at radius 2 is 0.897 bits per heavy atom. The van der Waals surface area contributed by atoms with Crippen LogP contribution in [-0.4, -0.2) is 14.1 Å². The van der Waals surface area contributed by atoms with E-state index in [1.807, 2.05) is 6.20 Å². The molecule has 0 N–H and O–H groups in total. The molecule has 0 aliphatic carbocycles. The van der Waals surface area contributed by atoms with Crippen LogP contribution in [0.15, 0.2) is 200 Å². The Labute approximate surface area is 337 Å². The zero-order valence-electron chi connectivity index (χ0n) is 32.4. The minimum atomic E-state index is 0.966. The van der Waals surface area contributed by atoms with Gasteiger partial charge in [0.15, 0.2) is 0 Å². The zero-order chi connectivity index (χ0) is 38.7. The van der Waals surface area contributed by atoms with Crippen molar-refractivity contribution in [1.82, 2.24) is 14.1 Å². The Bertz CT molecular complexity index is 3330. The highest BCUT2D eigenvalue weighted by Crippen LogP contribution is 2.41. The molecule has 3 nitrogen and oxygen atoms in total. The minimum Gasteiger partial charge on any atom is -0.309 e. The molecule has 0 atom stereocenters. The molecule has 0 radical (unpaired) electrons. The van der Waals surface area contributed by atoms with Gasteiger partial charge in [0.1, 0.15) is 0 Å². The largest absolute Gasteiger partial charge is 0.309 e. The van der Waals surface area contributed by atoms with Crippen molar-refractivity contribution in [3.8, 4) is 56.0 Å². The summed E-state index contributed by atoms with van der Waals surface area (Å²) >= 11 is 0. The van der Waals surface area contributed by atoms with Crippen LogP contribution >= 0.6 is 0 Å². The van der Waals surface area contributed by atoms with Gasteiger partial charge in [0.05, 0.1) is 27.8 Å². The van der Waals surface area contributed by atoms with Gasteiger partial charge in [0.2, 0.25) is 0 Å². The normalized spacial score (nSPS) is 11.6. The van der Waals surface area contributed by atoms with Gasteiger partial charge in [-0.2, -0.15) is 0 Å². The molecule has 0 spiro atoms. The Balaban J connectivity index is 1.03.